The maximum Gasteiger partial charge on any atom is 0.303 e. The molecule has 768 valence electrons. The molecule has 9 N–H and O–H groups in total. The molecule has 0 aromatic heterocycles. The molecule has 3 aliphatic rings. The van der Waals surface area contributed by atoms with Gasteiger partial charge >= 0.3 is 59.7 Å². The number of ether oxygens (including phenoxy) is 24. The summed E-state index contributed by atoms with van der Waals surface area (Å²) in [6, 6.07) is -3.54. The van der Waals surface area contributed by atoms with Crippen LogP contribution in [0.3, 0.4) is 0 Å². The van der Waals surface area contributed by atoms with E-state index in [1.807, 2.05) is 0 Å². The lowest BCUT2D eigenvalue weighted by Crippen LogP contribution is -2.66. The highest BCUT2D eigenvalue weighted by Crippen LogP contribution is 2.32. The minimum absolute atomic E-state index is 0.0120. The average Bonchev–Trinajstić information content (AvgIpc) is 0.793. The van der Waals surface area contributed by atoms with Crippen LogP contribution in [-0.4, -0.2) is 387 Å². The molecule has 49 heteroatoms. The molecule has 0 radical (unpaired) electrons. The summed E-state index contributed by atoms with van der Waals surface area (Å²) < 4.78 is 136. The van der Waals surface area contributed by atoms with Gasteiger partial charge in [0.2, 0.25) is 35.4 Å². The Morgan fingerprint density at radius 2 is 0.590 bits per heavy atom. The van der Waals surface area contributed by atoms with Crippen LogP contribution in [0.25, 0.3) is 0 Å². The van der Waals surface area contributed by atoms with Gasteiger partial charge in [0.05, 0.1) is 139 Å². The number of carbonyl (C=O) groups is 16. The first kappa shape index (κ1) is 119. The number of rotatable bonds is 73. The highest BCUT2D eigenvalue weighted by atomic mass is 16.7. The first-order valence-corrected chi connectivity index (χ1v) is 44.6. The molecule has 0 aliphatic carbocycles. The third-order valence-corrected chi connectivity index (χ3v) is 19.2. The number of amides is 6. The third-order valence-electron chi connectivity index (χ3n) is 19.2. The zero-order chi connectivity index (χ0) is 99.2. The van der Waals surface area contributed by atoms with Crippen LogP contribution in [0.4, 0.5) is 0 Å². The first-order chi connectivity index (χ1) is 63.9. The van der Waals surface area contributed by atoms with E-state index in [2.05, 4.69) is 37.2 Å². The SMILES string of the molecule is CC(=O)NC1C(OCCOCCOCCNC(=O)CCOCC(COCCC(=O)NCCOCCOCCOC2OC(COC(C)=O)C(OC(C)=O)C(OC(C)=O)C2NC(C)=O)(COCCC(O)NCCOCCOCCOC2OC(COC(C)=O)C(OC(C)=O)C(OC(C)=O)C2NC(C)=O)NC(=O)CCCCCCCCCCC(=O)O)OC(COC(C)=O)C(OC(C)=O)C1OC(C)=O. The quantitative estimate of drug-likeness (QED) is 0.0142. The second-order valence-electron chi connectivity index (χ2n) is 31.1. The van der Waals surface area contributed by atoms with E-state index in [0.29, 0.717) is 19.3 Å². The summed E-state index contributed by atoms with van der Waals surface area (Å²) >= 11 is 0. The first-order valence-electron chi connectivity index (χ1n) is 44.6. The van der Waals surface area contributed by atoms with Gasteiger partial charge in [-0.1, -0.05) is 38.5 Å². The lowest BCUT2D eigenvalue weighted by atomic mass is 9.96. The Balaban J connectivity index is 1.66. The predicted octanol–water partition coefficient (Wildman–Crippen LogP) is -1.69. The Morgan fingerprint density at radius 3 is 0.896 bits per heavy atom. The van der Waals surface area contributed by atoms with Crippen molar-refractivity contribution in [3.63, 3.8) is 0 Å². The molecule has 3 aliphatic heterocycles. The fourth-order valence-corrected chi connectivity index (χ4v) is 13.6. The summed E-state index contributed by atoms with van der Waals surface area (Å²) in [6.07, 6.45) is -10.4. The molecule has 0 bridgehead atoms. The van der Waals surface area contributed by atoms with Crippen LogP contribution in [0.15, 0.2) is 0 Å². The molecule has 3 fully saturated rings. The van der Waals surface area contributed by atoms with Crippen molar-refractivity contribution in [2.75, 3.05) is 178 Å². The van der Waals surface area contributed by atoms with Crippen LogP contribution in [0.5, 0.6) is 0 Å². The van der Waals surface area contributed by atoms with Gasteiger partial charge < -0.3 is 156 Å². The van der Waals surface area contributed by atoms with Crippen molar-refractivity contribution in [1.29, 1.82) is 0 Å². The standard InChI is InChI=1S/C85H141N7O42/c1-53(93)89-73-79(129-62(10)102)76(126-59(7)99)65(47-123-56(4)96)132-82(73)120-44-41-114-38-35-111-32-26-86-68(105)23-29-117-50-85(92-71(108)21-19-17-15-13-14-16-18-20-22-72(109)110,51-118-30-24-69(106)87-27-33-112-36-39-115-42-45-121-83-74(90-54(2)94)80(130-63(11)103)77(127-60(8)100)66(133-83)48-124-57(5)97)52-119-31-25-70(107)88-28-34-113-37-40-116-43-46-122-84-75(91-55(3)95)81(131-64(12)104)78(128-61(9)101)67(134-84)49-125-58(6)98/h65-68,73-84,86,105H,13-52H2,1-12H3,(H,87,106)(H,88,107)(H,89,93)(H,90,94)(H,91,95)(H,92,108)(H,109,110). The van der Waals surface area contributed by atoms with E-state index in [-0.39, 0.29) is 196 Å². The van der Waals surface area contributed by atoms with E-state index in [0.717, 1.165) is 94.4 Å². The van der Waals surface area contributed by atoms with Crippen LogP contribution < -0.4 is 37.2 Å². The molecule has 0 aromatic rings. The van der Waals surface area contributed by atoms with Gasteiger partial charge in [-0.25, -0.2) is 0 Å². The Morgan fingerprint density at radius 1 is 0.306 bits per heavy atom. The molecule has 0 saturated carbocycles. The summed E-state index contributed by atoms with van der Waals surface area (Å²) in [5, 5.41) is 39.3. The van der Waals surface area contributed by atoms with Gasteiger partial charge in [-0.2, -0.15) is 0 Å². The maximum absolute atomic E-state index is 14.0. The normalized spacial score (nSPS) is 22.1. The number of aliphatic hydroxyl groups excluding tert-OH is 1. The highest BCUT2D eigenvalue weighted by molar-refractivity contribution is 5.78. The van der Waals surface area contributed by atoms with E-state index in [1.54, 1.807) is 0 Å². The molecule has 3 saturated heterocycles. The predicted molar refractivity (Wildman–Crippen MR) is 456 cm³/mol. The summed E-state index contributed by atoms with van der Waals surface area (Å²) in [5.41, 5.74) is -1.44. The fourth-order valence-electron chi connectivity index (χ4n) is 13.6. The Bertz CT molecular complexity index is 3400. The number of nitrogens with one attached hydrogen (secondary N) is 7. The number of carbonyl (C=O) groups excluding carboxylic acids is 15. The van der Waals surface area contributed by atoms with Crippen molar-refractivity contribution < 1.29 is 201 Å². The van der Waals surface area contributed by atoms with Crippen LogP contribution in [-0.2, 0) is 190 Å². The molecule has 16 unspecified atom stereocenters. The summed E-state index contributed by atoms with van der Waals surface area (Å²) in [5.74, 6) is -10.4. The van der Waals surface area contributed by atoms with Gasteiger partial charge in [-0.15, -0.1) is 0 Å². The van der Waals surface area contributed by atoms with Gasteiger partial charge in [0.25, 0.3) is 0 Å². The van der Waals surface area contributed by atoms with Gasteiger partial charge in [0.15, 0.2) is 55.5 Å². The van der Waals surface area contributed by atoms with Crippen LogP contribution in [0.1, 0.15) is 167 Å². The number of aliphatic carboxylic acids is 1. The number of carboxylic acid groups (broad SMARTS) is 1. The van der Waals surface area contributed by atoms with Gasteiger partial charge in [0.1, 0.15) is 68.0 Å². The van der Waals surface area contributed by atoms with Gasteiger partial charge in [0, 0.05) is 135 Å². The maximum atomic E-state index is 14.0. The molecule has 0 aromatic carbocycles. The zero-order valence-electron chi connectivity index (χ0n) is 78.7. The molecule has 49 nitrogen and oxygen atoms in total. The van der Waals surface area contributed by atoms with Crippen molar-refractivity contribution in [2.24, 2.45) is 0 Å². The molecule has 134 heavy (non-hydrogen) atoms. The number of unbranched alkanes of at least 4 members (excludes halogenated alkanes) is 7. The second kappa shape index (κ2) is 69.6. The van der Waals surface area contributed by atoms with E-state index >= 15 is 0 Å². The number of hydrogen-bond donors (Lipinski definition) is 9. The number of aliphatic hydroxyl groups is 1. The number of carboxylic acids is 1. The van der Waals surface area contributed by atoms with E-state index in [9.17, 15) is 81.8 Å². The van der Waals surface area contributed by atoms with Crippen LogP contribution in [0.2, 0.25) is 0 Å². The van der Waals surface area contributed by atoms with Crippen LogP contribution in [0, 0.1) is 0 Å². The third kappa shape index (κ3) is 54.5. The highest BCUT2D eigenvalue weighted by Gasteiger charge is 2.55. The Hall–Kier alpha value is -9.16. The summed E-state index contributed by atoms with van der Waals surface area (Å²) in [7, 11) is 0. The van der Waals surface area contributed by atoms with Crippen molar-refractivity contribution in [3.8, 4) is 0 Å². The molecular weight excluding hydrogens is 1790 g/mol. The summed E-state index contributed by atoms with van der Waals surface area (Å²) in [4.78, 5) is 197. The minimum atomic E-state index is -1.44. The molecule has 0 spiro atoms. The van der Waals surface area contributed by atoms with Gasteiger partial charge in [-0.3, -0.25) is 82.0 Å². The van der Waals surface area contributed by atoms with Crippen molar-refractivity contribution >= 4 is 95.1 Å². The fraction of sp³-hybridized carbons (Fsp3) is 0.812. The molecule has 3 rings (SSSR count). The average molecular weight is 1930 g/mol. The van der Waals surface area contributed by atoms with E-state index in [4.69, 9.17) is 119 Å². The van der Waals surface area contributed by atoms with Gasteiger partial charge in [-0.05, 0) is 12.8 Å². The lowest BCUT2D eigenvalue weighted by Gasteiger charge is -2.44. The lowest BCUT2D eigenvalue weighted by molar-refractivity contribution is -0.279. The largest absolute Gasteiger partial charge is 0.481 e. The van der Waals surface area contributed by atoms with E-state index < -0.39 is 213 Å². The second-order valence-corrected chi connectivity index (χ2v) is 31.1. The number of esters is 9. The molecular formula is C85H141N7O42. The zero-order valence-corrected chi connectivity index (χ0v) is 78.7. The Labute approximate surface area is 778 Å². The number of hydrogen-bond acceptors (Lipinski definition) is 42. The summed E-state index contributed by atoms with van der Waals surface area (Å²) in [6.45, 7) is 12.1. The molecule has 6 amide bonds. The van der Waals surface area contributed by atoms with Crippen LogP contribution >= 0.6 is 0 Å². The van der Waals surface area contributed by atoms with Crippen molar-refractivity contribution in [3.05, 3.63) is 0 Å². The monoisotopic (exact) mass is 1930 g/mol. The van der Waals surface area contributed by atoms with Crippen molar-refractivity contribution in [1.82, 2.24) is 37.2 Å². The van der Waals surface area contributed by atoms with E-state index in [1.165, 1.54) is 20.8 Å². The molecule has 16 atom stereocenters. The Kier molecular flexibility index (Phi) is 61.8. The molecule has 3 heterocycles. The van der Waals surface area contributed by atoms with Crippen molar-refractivity contribution in [2.45, 2.75) is 270 Å². The smallest absolute Gasteiger partial charge is 0.303 e. The minimum Gasteiger partial charge on any atom is -0.481 e. The topological polar surface area (TPSA) is 619 Å².